The van der Waals surface area contributed by atoms with Gasteiger partial charge in [-0.25, -0.2) is 0 Å². The van der Waals surface area contributed by atoms with Crippen LogP contribution in [0.15, 0.2) is 45.6 Å². The van der Waals surface area contributed by atoms with Crippen LogP contribution in [0.4, 0.5) is 11.4 Å². The summed E-state index contributed by atoms with van der Waals surface area (Å²) in [7, 11) is -1.71. The van der Waals surface area contributed by atoms with Crippen molar-refractivity contribution in [2.75, 3.05) is 42.6 Å². The number of benzene rings is 2. The molecule has 2 saturated heterocycles. The van der Waals surface area contributed by atoms with Gasteiger partial charge >= 0.3 is 0 Å². The van der Waals surface area contributed by atoms with E-state index in [2.05, 4.69) is 74.9 Å². The fourth-order valence-corrected chi connectivity index (χ4v) is 6.81. The molecule has 6 heteroatoms. The van der Waals surface area contributed by atoms with Gasteiger partial charge in [0, 0.05) is 56.3 Å². The van der Waals surface area contributed by atoms with Gasteiger partial charge in [0.2, 0.25) is 5.43 Å². The number of nitrogens with zero attached hydrogens (tertiary/aromatic N) is 2. The highest BCUT2D eigenvalue weighted by Crippen LogP contribution is 2.37. The molecule has 0 saturated carbocycles. The van der Waals surface area contributed by atoms with Gasteiger partial charge in [0.05, 0.1) is 10.8 Å². The first-order chi connectivity index (χ1) is 18.1. The first-order valence-electron chi connectivity index (χ1n) is 14.7. The summed E-state index contributed by atoms with van der Waals surface area (Å²) in [5, 5.41) is 1.58. The molecule has 5 nitrogen and oxygen atoms in total. The van der Waals surface area contributed by atoms with Crippen LogP contribution < -0.4 is 15.2 Å². The Morgan fingerprint density at radius 3 is 1.76 bits per heavy atom. The molecule has 0 unspecified atom stereocenters. The molecule has 3 heterocycles. The fourth-order valence-electron chi connectivity index (χ4n) is 5.72. The molecule has 2 aliphatic heterocycles. The third kappa shape index (κ3) is 5.53. The van der Waals surface area contributed by atoms with Crippen molar-refractivity contribution in [3.05, 3.63) is 46.6 Å². The van der Waals surface area contributed by atoms with E-state index in [-0.39, 0.29) is 10.5 Å². The minimum atomic E-state index is -1.71. The molecule has 2 aliphatic rings. The number of fused-ring (bicyclic) bond motifs is 2. The second kappa shape index (κ2) is 10.7. The number of piperidine rings is 2. The lowest BCUT2D eigenvalue weighted by Gasteiger charge is -2.39. The Bertz CT molecular complexity index is 1330. The van der Waals surface area contributed by atoms with Crippen molar-refractivity contribution < 1.29 is 8.84 Å². The first kappa shape index (κ1) is 27.3. The standard InChI is InChI=1S/C32H46N2O3Si/c1-7-23-12-16-33(17-13-23)25-8-10-27-29(20-25)37-30-21-26(9-11-28(30)31(27)35)34-18-14-24(15-19-34)22-36-38(5,6)32(2,3)4/h8-11,20-21,23-24H,7,12-19,22H2,1-6H3. The Hall–Kier alpha value is -2.31. The van der Waals surface area contributed by atoms with Crippen molar-refractivity contribution in [2.24, 2.45) is 11.8 Å². The van der Waals surface area contributed by atoms with Gasteiger partial charge in [-0.15, -0.1) is 0 Å². The second-order valence-corrected chi connectivity index (χ2v) is 17.9. The van der Waals surface area contributed by atoms with Crippen LogP contribution in [0.1, 0.15) is 59.8 Å². The van der Waals surface area contributed by atoms with Crippen molar-refractivity contribution in [2.45, 2.75) is 77.9 Å². The number of rotatable bonds is 6. The molecule has 2 aromatic carbocycles. The normalized spacial score (nSPS) is 18.6. The van der Waals surface area contributed by atoms with Gasteiger partial charge in [-0.1, -0.05) is 34.1 Å². The van der Waals surface area contributed by atoms with Crippen molar-refractivity contribution in [3.8, 4) is 0 Å². The van der Waals surface area contributed by atoms with Crippen molar-refractivity contribution in [3.63, 3.8) is 0 Å². The Morgan fingerprint density at radius 1 is 0.842 bits per heavy atom. The average molecular weight is 535 g/mol. The molecule has 38 heavy (non-hydrogen) atoms. The van der Waals surface area contributed by atoms with Gasteiger partial charge in [-0.05, 0) is 79.9 Å². The second-order valence-electron chi connectivity index (χ2n) is 13.1. The summed E-state index contributed by atoms with van der Waals surface area (Å²) in [6.07, 6.45) is 5.99. The van der Waals surface area contributed by atoms with E-state index in [1.54, 1.807) is 0 Å². The number of hydrogen-bond donors (Lipinski definition) is 0. The summed E-state index contributed by atoms with van der Waals surface area (Å²) >= 11 is 0. The number of hydrogen-bond acceptors (Lipinski definition) is 5. The van der Waals surface area contributed by atoms with E-state index < -0.39 is 8.32 Å². The van der Waals surface area contributed by atoms with E-state index in [1.165, 1.54) is 19.3 Å². The van der Waals surface area contributed by atoms with Crippen LogP contribution in [-0.2, 0) is 4.43 Å². The largest absolute Gasteiger partial charge is 0.456 e. The van der Waals surface area contributed by atoms with Gasteiger partial charge in [-0.3, -0.25) is 4.79 Å². The summed E-state index contributed by atoms with van der Waals surface area (Å²) in [6.45, 7) is 18.9. The maximum absolute atomic E-state index is 13.3. The zero-order chi connectivity index (χ0) is 27.1. The molecule has 0 radical (unpaired) electrons. The molecule has 0 aliphatic carbocycles. The SMILES string of the molecule is CCC1CCN(c2ccc3c(=O)c4ccc(N5CCC(CO[Si](C)(C)C(C)(C)C)CC5)cc4oc3c2)CC1. The zero-order valence-corrected chi connectivity index (χ0v) is 25.3. The van der Waals surface area contributed by atoms with Crippen LogP contribution in [0.3, 0.4) is 0 Å². The van der Waals surface area contributed by atoms with Gasteiger partial charge in [0.25, 0.3) is 0 Å². The molecule has 5 rings (SSSR count). The first-order valence-corrected chi connectivity index (χ1v) is 17.6. The molecule has 1 aromatic heterocycles. The highest BCUT2D eigenvalue weighted by atomic mass is 28.4. The quantitative estimate of drug-likeness (QED) is 0.238. The molecule has 0 bridgehead atoms. The lowest BCUT2D eigenvalue weighted by Crippen LogP contribution is -2.43. The maximum atomic E-state index is 13.3. The van der Waals surface area contributed by atoms with E-state index in [9.17, 15) is 4.79 Å². The summed E-state index contributed by atoms with van der Waals surface area (Å²) in [5.41, 5.74) is 3.74. The van der Waals surface area contributed by atoms with Crippen molar-refractivity contribution >= 4 is 41.6 Å². The van der Waals surface area contributed by atoms with Crippen LogP contribution >= 0.6 is 0 Å². The number of anilines is 2. The van der Waals surface area contributed by atoms with Gasteiger partial charge in [0.15, 0.2) is 8.32 Å². The molecule has 0 spiro atoms. The highest BCUT2D eigenvalue weighted by molar-refractivity contribution is 6.74. The van der Waals surface area contributed by atoms with Gasteiger partial charge < -0.3 is 18.6 Å². The van der Waals surface area contributed by atoms with Crippen LogP contribution in [0.5, 0.6) is 0 Å². The summed E-state index contributed by atoms with van der Waals surface area (Å²) in [6, 6.07) is 12.2. The Balaban J connectivity index is 1.30. The molecule has 0 amide bonds. The molecule has 2 fully saturated rings. The third-order valence-electron chi connectivity index (χ3n) is 9.66. The van der Waals surface area contributed by atoms with Crippen molar-refractivity contribution in [1.82, 2.24) is 0 Å². The fraction of sp³-hybridized carbons (Fsp3) is 0.594. The average Bonchev–Trinajstić information content (AvgIpc) is 2.91. The van der Waals surface area contributed by atoms with Crippen molar-refractivity contribution in [1.29, 1.82) is 0 Å². The van der Waals surface area contributed by atoms with E-state index in [0.29, 0.717) is 27.9 Å². The molecular formula is C32H46N2O3Si. The molecular weight excluding hydrogens is 488 g/mol. The van der Waals surface area contributed by atoms with E-state index >= 15 is 0 Å². The highest BCUT2D eigenvalue weighted by Gasteiger charge is 2.37. The third-order valence-corrected chi connectivity index (χ3v) is 14.2. The lowest BCUT2D eigenvalue weighted by atomic mass is 9.94. The van der Waals surface area contributed by atoms with Crippen LogP contribution in [0.25, 0.3) is 21.9 Å². The smallest absolute Gasteiger partial charge is 0.200 e. The zero-order valence-electron chi connectivity index (χ0n) is 24.3. The Kier molecular flexibility index (Phi) is 7.67. The predicted molar refractivity (Wildman–Crippen MR) is 163 cm³/mol. The Labute approximate surface area is 229 Å². The topological polar surface area (TPSA) is 45.9 Å². The molecule has 0 N–H and O–H groups in total. The lowest BCUT2D eigenvalue weighted by molar-refractivity contribution is 0.205. The Morgan fingerprint density at radius 2 is 1.32 bits per heavy atom. The summed E-state index contributed by atoms with van der Waals surface area (Å²) in [5.74, 6) is 1.45. The maximum Gasteiger partial charge on any atom is 0.200 e. The van der Waals surface area contributed by atoms with Gasteiger partial charge in [-0.2, -0.15) is 0 Å². The summed E-state index contributed by atoms with van der Waals surface area (Å²) in [4.78, 5) is 18.2. The van der Waals surface area contributed by atoms with Crippen LogP contribution in [0, 0.1) is 11.8 Å². The van der Waals surface area contributed by atoms with E-state index in [1.807, 2.05) is 12.1 Å². The van der Waals surface area contributed by atoms with E-state index in [4.69, 9.17) is 8.84 Å². The predicted octanol–water partition coefficient (Wildman–Crippen LogP) is 7.81. The molecule has 0 atom stereocenters. The monoisotopic (exact) mass is 534 g/mol. The van der Waals surface area contributed by atoms with Gasteiger partial charge in [0.1, 0.15) is 11.2 Å². The minimum Gasteiger partial charge on any atom is -0.456 e. The molecule has 3 aromatic rings. The molecule has 206 valence electrons. The summed E-state index contributed by atoms with van der Waals surface area (Å²) < 4.78 is 12.9. The van der Waals surface area contributed by atoms with E-state index in [0.717, 1.165) is 62.9 Å². The minimum absolute atomic E-state index is 0.0607. The van der Waals surface area contributed by atoms with Crippen LogP contribution in [0.2, 0.25) is 18.1 Å². The van der Waals surface area contributed by atoms with Crippen LogP contribution in [-0.4, -0.2) is 41.1 Å².